The summed E-state index contributed by atoms with van der Waals surface area (Å²) in [6, 6.07) is 3.78. The number of nitrogens with two attached hydrogens (primary N) is 1. The minimum Gasteiger partial charge on any atom is -0.398 e. The van der Waals surface area contributed by atoms with E-state index in [2.05, 4.69) is 10.3 Å². The van der Waals surface area contributed by atoms with E-state index in [-0.39, 0.29) is 16.9 Å². The highest BCUT2D eigenvalue weighted by molar-refractivity contribution is 7.14. The SMILES string of the molecule is Nc1ccc([N+](=O)[O-])cc1C(=O)Nc1nc(C2CC2)cs1. The number of carbonyl (C=O) groups is 1. The van der Waals surface area contributed by atoms with Gasteiger partial charge in [-0.15, -0.1) is 11.3 Å². The zero-order chi connectivity index (χ0) is 15.0. The number of carbonyl (C=O) groups excluding carboxylic acids is 1. The second-order valence-corrected chi connectivity index (χ2v) is 5.69. The molecule has 0 saturated heterocycles. The van der Waals surface area contributed by atoms with Crippen LogP contribution < -0.4 is 11.1 Å². The monoisotopic (exact) mass is 304 g/mol. The van der Waals surface area contributed by atoms with E-state index < -0.39 is 10.8 Å². The smallest absolute Gasteiger partial charge is 0.270 e. The zero-order valence-electron chi connectivity index (χ0n) is 10.9. The van der Waals surface area contributed by atoms with Gasteiger partial charge >= 0.3 is 0 Å². The van der Waals surface area contributed by atoms with Crippen LogP contribution >= 0.6 is 11.3 Å². The first kappa shape index (κ1) is 13.5. The average molecular weight is 304 g/mol. The minimum atomic E-state index is -0.565. The van der Waals surface area contributed by atoms with Crippen LogP contribution in [-0.2, 0) is 0 Å². The molecular formula is C13H12N4O3S. The number of amides is 1. The van der Waals surface area contributed by atoms with Gasteiger partial charge in [0.05, 0.1) is 16.2 Å². The molecular weight excluding hydrogens is 292 g/mol. The first-order chi connectivity index (χ1) is 10.0. The topological polar surface area (TPSA) is 111 Å². The molecule has 2 aromatic rings. The Morgan fingerprint density at radius 1 is 1.48 bits per heavy atom. The van der Waals surface area contributed by atoms with Gasteiger partial charge in [0, 0.05) is 29.1 Å². The highest BCUT2D eigenvalue weighted by atomic mass is 32.1. The lowest BCUT2D eigenvalue weighted by Crippen LogP contribution is -2.14. The maximum absolute atomic E-state index is 12.2. The Hall–Kier alpha value is -2.48. The van der Waals surface area contributed by atoms with Crippen molar-refractivity contribution in [2.24, 2.45) is 0 Å². The number of hydrogen-bond acceptors (Lipinski definition) is 6. The van der Waals surface area contributed by atoms with Gasteiger partial charge in [-0.25, -0.2) is 4.98 Å². The fourth-order valence-corrected chi connectivity index (χ4v) is 2.72. The van der Waals surface area contributed by atoms with Crippen molar-refractivity contribution in [3.63, 3.8) is 0 Å². The van der Waals surface area contributed by atoms with Crippen molar-refractivity contribution in [2.75, 3.05) is 11.1 Å². The summed E-state index contributed by atoms with van der Waals surface area (Å²) < 4.78 is 0. The van der Waals surface area contributed by atoms with Crippen molar-refractivity contribution in [1.29, 1.82) is 0 Å². The lowest BCUT2D eigenvalue weighted by Gasteiger charge is -2.05. The number of hydrogen-bond donors (Lipinski definition) is 2. The van der Waals surface area contributed by atoms with Crippen molar-refractivity contribution < 1.29 is 9.72 Å². The molecule has 1 aromatic heterocycles. The molecule has 1 amide bonds. The molecule has 1 saturated carbocycles. The largest absolute Gasteiger partial charge is 0.398 e. The number of nitro benzene ring substituents is 1. The molecule has 0 unspecified atom stereocenters. The second-order valence-electron chi connectivity index (χ2n) is 4.83. The molecule has 0 aliphatic heterocycles. The van der Waals surface area contributed by atoms with Crippen LogP contribution in [0.2, 0.25) is 0 Å². The number of rotatable bonds is 4. The van der Waals surface area contributed by atoms with E-state index in [9.17, 15) is 14.9 Å². The molecule has 1 aliphatic carbocycles. The number of benzene rings is 1. The lowest BCUT2D eigenvalue weighted by atomic mass is 10.1. The van der Waals surface area contributed by atoms with Gasteiger partial charge in [-0.1, -0.05) is 0 Å². The lowest BCUT2D eigenvalue weighted by molar-refractivity contribution is -0.384. The summed E-state index contributed by atoms with van der Waals surface area (Å²) in [4.78, 5) is 26.7. The molecule has 0 atom stereocenters. The van der Waals surface area contributed by atoms with Crippen molar-refractivity contribution in [2.45, 2.75) is 18.8 Å². The van der Waals surface area contributed by atoms with Crippen LogP contribution in [-0.4, -0.2) is 15.8 Å². The van der Waals surface area contributed by atoms with Crippen molar-refractivity contribution in [1.82, 2.24) is 4.98 Å². The fourth-order valence-electron chi connectivity index (χ4n) is 1.93. The van der Waals surface area contributed by atoms with Gasteiger partial charge in [0.15, 0.2) is 5.13 Å². The molecule has 108 valence electrons. The molecule has 1 fully saturated rings. The van der Waals surface area contributed by atoms with Crippen molar-refractivity contribution in [3.8, 4) is 0 Å². The predicted molar refractivity (Wildman–Crippen MR) is 79.6 cm³/mol. The maximum atomic E-state index is 12.2. The highest BCUT2D eigenvalue weighted by Gasteiger charge is 2.26. The van der Waals surface area contributed by atoms with Crippen LogP contribution in [0.4, 0.5) is 16.5 Å². The standard InChI is InChI=1S/C13H12N4O3S/c14-10-4-3-8(17(19)20)5-9(10)12(18)16-13-15-11(6-21-13)7-1-2-7/h3-7H,1-2,14H2,(H,15,16,18). The first-order valence-electron chi connectivity index (χ1n) is 6.35. The van der Waals surface area contributed by atoms with Crippen LogP contribution in [0, 0.1) is 10.1 Å². The molecule has 21 heavy (non-hydrogen) atoms. The summed E-state index contributed by atoms with van der Waals surface area (Å²) in [5.74, 6) is 0.0164. The summed E-state index contributed by atoms with van der Waals surface area (Å²) in [5, 5.41) is 15.8. The Morgan fingerprint density at radius 3 is 2.90 bits per heavy atom. The van der Waals surface area contributed by atoms with Crippen LogP contribution in [0.25, 0.3) is 0 Å². The number of nitro groups is 1. The predicted octanol–water partition coefficient (Wildman–Crippen LogP) is 2.76. The molecule has 3 rings (SSSR count). The Bertz CT molecular complexity index is 724. The number of non-ortho nitro benzene ring substituents is 1. The Labute approximate surface area is 124 Å². The molecule has 8 heteroatoms. The number of nitrogen functional groups attached to an aromatic ring is 1. The summed E-state index contributed by atoms with van der Waals surface area (Å²) in [6.45, 7) is 0. The van der Waals surface area contributed by atoms with Gasteiger partial charge < -0.3 is 5.73 Å². The molecule has 0 spiro atoms. The van der Waals surface area contributed by atoms with E-state index in [0.717, 1.165) is 18.5 Å². The van der Waals surface area contributed by atoms with Crippen LogP contribution in [0.1, 0.15) is 34.8 Å². The summed E-state index contributed by atoms with van der Waals surface area (Å²) in [7, 11) is 0. The van der Waals surface area contributed by atoms with E-state index >= 15 is 0 Å². The van der Waals surface area contributed by atoms with E-state index in [1.807, 2.05) is 5.38 Å². The van der Waals surface area contributed by atoms with Crippen molar-refractivity contribution in [3.05, 3.63) is 45.0 Å². The summed E-state index contributed by atoms with van der Waals surface area (Å²) >= 11 is 1.34. The van der Waals surface area contributed by atoms with Crippen LogP contribution in [0.3, 0.4) is 0 Å². The normalized spacial score (nSPS) is 13.9. The summed E-state index contributed by atoms with van der Waals surface area (Å²) in [6.07, 6.45) is 2.27. The van der Waals surface area contributed by atoms with Gasteiger partial charge in [-0.2, -0.15) is 0 Å². The maximum Gasteiger partial charge on any atom is 0.270 e. The van der Waals surface area contributed by atoms with E-state index in [4.69, 9.17) is 5.73 Å². The summed E-state index contributed by atoms with van der Waals surface area (Å²) in [5.41, 5.74) is 6.79. The third-order valence-corrected chi connectivity index (χ3v) is 4.01. The number of nitrogens with zero attached hydrogens (tertiary/aromatic N) is 2. The average Bonchev–Trinajstić information content (AvgIpc) is 3.20. The highest BCUT2D eigenvalue weighted by Crippen LogP contribution is 2.40. The van der Waals surface area contributed by atoms with Gasteiger partial charge in [0.1, 0.15) is 0 Å². The first-order valence-corrected chi connectivity index (χ1v) is 7.23. The zero-order valence-corrected chi connectivity index (χ0v) is 11.7. The van der Waals surface area contributed by atoms with Crippen LogP contribution in [0.5, 0.6) is 0 Å². The number of aromatic nitrogens is 1. The number of nitrogens with one attached hydrogen (secondary N) is 1. The van der Waals surface area contributed by atoms with E-state index in [1.54, 1.807) is 0 Å². The van der Waals surface area contributed by atoms with E-state index in [0.29, 0.717) is 11.0 Å². The van der Waals surface area contributed by atoms with Crippen LogP contribution in [0.15, 0.2) is 23.6 Å². The Balaban J connectivity index is 1.80. The van der Waals surface area contributed by atoms with Crippen molar-refractivity contribution >= 4 is 33.8 Å². The quantitative estimate of drug-likeness (QED) is 0.512. The molecule has 1 aromatic carbocycles. The van der Waals surface area contributed by atoms with Gasteiger partial charge in [0.25, 0.3) is 11.6 Å². The second kappa shape index (κ2) is 5.13. The van der Waals surface area contributed by atoms with E-state index in [1.165, 1.54) is 29.5 Å². The Kier molecular flexibility index (Phi) is 3.30. The third-order valence-electron chi connectivity index (χ3n) is 3.23. The molecule has 0 bridgehead atoms. The molecule has 0 radical (unpaired) electrons. The number of thiazole rings is 1. The molecule has 3 N–H and O–H groups in total. The molecule has 1 aliphatic rings. The third kappa shape index (κ3) is 2.84. The fraction of sp³-hybridized carbons (Fsp3) is 0.231. The number of anilines is 2. The van der Waals surface area contributed by atoms with Gasteiger partial charge in [0.2, 0.25) is 0 Å². The molecule has 1 heterocycles. The molecule has 7 nitrogen and oxygen atoms in total. The van der Waals surface area contributed by atoms with Gasteiger partial charge in [-0.05, 0) is 18.9 Å². The minimum absolute atomic E-state index is 0.0763. The van der Waals surface area contributed by atoms with Gasteiger partial charge in [-0.3, -0.25) is 20.2 Å². The Morgan fingerprint density at radius 2 is 2.24 bits per heavy atom.